The normalized spacial score (nSPS) is 19.1. The monoisotopic (exact) mass is 273 g/mol. The number of piperidine rings is 1. The van der Waals surface area contributed by atoms with Crippen LogP contribution in [0, 0.1) is 0 Å². The highest BCUT2D eigenvalue weighted by Gasteiger charge is 2.28. The number of hydrogen-bond donors (Lipinski definition) is 3. The second-order valence-electron chi connectivity index (χ2n) is 4.69. The predicted molar refractivity (Wildman–Crippen MR) is 68.2 cm³/mol. The molecule has 1 atom stereocenters. The first-order valence-electron chi connectivity index (χ1n) is 6.11. The van der Waals surface area contributed by atoms with E-state index in [9.17, 15) is 14.4 Å². The average molecular weight is 273 g/mol. The number of aromatic amines is 1. The van der Waals surface area contributed by atoms with Gasteiger partial charge < -0.3 is 5.11 Å². The molecule has 2 aromatic rings. The van der Waals surface area contributed by atoms with Crippen LogP contribution in [0.25, 0.3) is 10.9 Å². The lowest BCUT2D eigenvalue weighted by molar-refractivity contribution is -0.134. The summed E-state index contributed by atoms with van der Waals surface area (Å²) in [6.45, 7) is 0. The fourth-order valence-corrected chi connectivity index (χ4v) is 2.43. The number of nitrogens with one attached hydrogen (secondary N) is 2. The summed E-state index contributed by atoms with van der Waals surface area (Å²) in [4.78, 5) is 33.9. The van der Waals surface area contributed by atoms with E-state index >= 15 is 0 Å². The molecule has 1 fully saturated rings. The number of hydrogen-bond acceptors (Lipinski definition) is 4. The van der Waals surface area contributed by atoms with Crippen LogP contribution in [0.5, 0.6) is 0 Å². The second-order valence-corrected chi connectivity index (χ2v) is 4.69. The highest BCUT2D eigenvalue weighted by molar-refractivity contribution is 6.03. The maximum absolute atomic E-state index is 11.8. The van der Waals surface area contributed by atoms with E-state index in [1.165, 1.54) is 0 Å². The Morgan fingerprint density at radius 2 is 2.15 bits per heavy atom. The molecular weight excluding hydrogens is 262 g/mol. The smallest absolute Gasteiger partial charge is 0.357 e. The Morgan fingerprint density at radius 3 is 2.85 bits per heavy atom. The Kier molecular flexibility index (Phi) is 2.74. The third kappa shape index (κ3) is 1.93. The van der Waals surface area contributed by atoms with E-state index in [0.29, 0.717) is 23.7 Å². The van der Waals surface area contributed by atoms with Crippen LogP contribution in [0.1, 0.15) is 34.8 Å². The summed E-state index contributed by atoms with van der Waals surface area (Å²) in [6.07, 6.45) is 0.758. The number of nitrogens with zero attached hydrogens (tertiary/aromatic N) is 1. The second kappa shape index (κ2) is 4.44. The molecule has 0 radical (unpaired) electrons. The van der Waals surface area contributed by atoms with Crippen LogP contribution >= 0.6 is 0 Å². The molecule has 1 saturated heterocycles. The molecule has 0 saturated carbocycles. The van der Waals surface area contributed by atoms with E-state index in [-0.39, 0.29) is 17.5 Å². The lowest BCUT2D eigenvalue weighted by Gasteiger charge is -2.20. The van der Waals surface area contributed by atoms with Crippen LogP contribution in [-0.4, -0.2) is 33.1 Å². The fourth-order valence-electron chi connectivity index (χ4n) is 2.43. The number of carbonyl (C=O) groups excluding carboxylic acids is 2. The van der Waals surface area contributed by atoms with Crippen molar-refractivity contribution in [1.82, 2.24) is 15.5 Å². The number of amides is 2. The molecule has 1 aliphatic rings. The molecule has 1 aliphatic heterocycles. The summed E-state index contributed by atoms with van der Waals surface area (Å²) >= 11 is 0. The first-order chi connectivity index (χ1) is 9.56. The first kappa shape index (κ1) is 12.3. The van der Waals surface area contributed by atoms with Crippen molar-refractivity contribution in [3.05, 3.63) is 29.5 Å². The summed E-state index contributed by atoms with van der Waals surface area (Å²) in [5.74, 6) is -2.08. The van der Waals surface area contributed by atoms with Crippen molar-refractivity contribution in [2.24, 2.45) is 0 Å². The average Bonchev–Trinajstić information content (AvgIpc) is 2.81. The van der Waals surface area contributed by atoms with Gasteiger partial charge in [0.2, 0.25) is 11.8 Å². The van der Waals surface area contributed by atoms with Gasteiger partial charge in [0.1, 0.15) is 0 Å². The van der Waals surface area contributed by atoms with Gasteiger partial charge in [-0.1, -0.05) is 12.1 Å². The lowest BCUT2D eigenvalue weighted by Crippen LogP contribution is -2.39. The number of carboxylic acid groups (broad SMARTS) is 1. The van der Waals surface area contributed by atoms with Gasteiger partial charge in [0.05, 0.1) is 11.4 Å². The Balaban J connectivity index is 1.99. The van der Waals surface area contributed by atoms with Crippen LogP contribution < -0.4 is 5.32 Å². The molecule has 102 valence electrons. The number of benzene rings is 1. The molecule has 0 aliphatic carbocycles. The molecule has 2 amide bonds. The molecule has 1 aromatic carbocycles. The zero-order chi connectivity index (χ0) is 14.3. The maximum Gasteiger partial charge on any atom is 0.357 e. The molecule has 1 aromatic heterocycles. The van der Waals surface area contributed by atoms with Crippen molar-refractivity contribution in [3.8, 4) is 0 Å². The molecule has 7 heteroatoms. The third-order valence-corrected chi connectivity index (χ3v) is 3.43. The molecule has 0 spiro atoms. The molecule has 1 unspecified atom stereocenters. The van der Waals surface area contributed by atoms with Gasteiger partial charge in [-0.2, -0.15) is 5.10 Å². The molecule has 20 heavy (non-hydrogen) atoms. The molecule has 3 N–H and O–H groups in total. The van der Waals surface area contributed by atoms with E-state index in [4.69, 9.17) is 5.11 Å². The van der Waals surface area contributed by atoms with Crippen molar-refractivity contribution in [1.29, 1.82) is 0 Å². The highest BCUT2D eigenvalue weighted by Crippen LogP contribution is 2.27. The Morgan fingerprint density at radius 1 is 1.35 bits per heavy atom. The zero-order valence-corrected chi connectivity index (χ0v) is 10.3. The van der Waals surface area contributed by atoms with Crippen LogP contribution in [-0.2, 0) is 9.59 Å². The highest BCUT2D eigenvalue weighted by atomic mass is 16.4. The SMILES string of the molecule is O=C1CCC(c2ccc3c(C(=O)O)n[nH]c3c2)C(=O)N1. The van der Waals surface area contributed by atoms with Crippen LogP contribution in [0.4, 0.5) is 0 Å². The van der Waals surface area contributed by atoms with Crippen LogP contribution in [0.2, 0.25) is 0 Å². The minimum Gasteiger partial charge on any atom is -0.476 e. The first-order valence-corrected chi connectivity index (χ1v) is 6.11. The summed E-state index contributed by atoms with van der Waals surface area (Å²) in [7, 11) is 0. The number of carboxylic acids is 1. The van der Waals surface area contributed by atoms with Gasteiger partial charge in [0.25, 0.3) is 0 Å². The quantitative estimate of drug-likeness (QED) is 0.700. The minimum absolute atomic E-state index is 0.0465. The number of aromatic nitrogens is 2. The minimum atomic E-state index is -1.11. The van der Waals surface area contributed by atoms with Crippen LogP contribution in [0.15, 0.2) is 18.2 Å². The van der Waals surface area contributed by atoms with Gasteiger partial charge >= 0.3 is 5.97 Å². The summed E-state index contributed by atoms with van der Waals surface area (Å²) in [5, 5.41) is 18.1. The van der Waals surface area contributed by atoms with Gasteiger partial charge in [0.15, 0.2) is 5.69 Å². The number of aromatic carboxylic acids is 1. The maximum atomic E-state index is 11.8. The fraction of sp³-hybridized carbons (Fsp3) is 0.231. The van der Waals surface area contributed by atoms with E-state index in [2.05, 4.69) is 15.5 Å². The number of imide groups is 1. The molecular formula is C13H11N3O4. The van der Waals surface area contributed by atoms with Crippen LogP contribution in [0.3, 0.4) is 0 Å². The van der Waals surface area contributed by atoms with Gasteiger partial charge in [-0.3, -0.25) is 20.0 Å². The van der Waals surface area contributed by atoms with E-state index < -0.39 is 11.9 Å². The largest absolute Gasteiger partial charge is 0.476 e. The Hall–Kier alpha value is -2.70. The predicted octanol–water partition coefficient (Wildman–Crippen LogP) is 0.781. The van der Waals surface area contributed by atoms with Crippen molar-refractivity contribution >= 4 is 28.7 Å². The Bertz CT molecular complexity index is 734. The van der Waals surface area contributed by atoms with Gasteiger partial charge in [-0.05, 0) is 18.1 Å². The number of rotatable bonds is 2. The standard InChI is InChI=1S/C13H11N3O4/c17-10-4-3-7(12(18)14-10)6-1-2-8-9(5-6)15-16-11(8)13(19)20/h1-2,5,7H,3-4H2,(H,15,16)(H,19,20)(H,14,17,18). The number of H-pyrrole nitrogens is 1. The third-order valence-electron chi connectivity index (χ3n) is 3.43. The van der Waals surface area contributed by atoms with E-state index in [1.807, 2.05) is 0 Å². The summed E-state index contributed by atoms with van der Waals surface area (Å²) in [6, 6.07) is 5.03. The topological polar surface area (TPSA) is 112 Å². The zero-order valence-electron chi connectivity index (χ0n) is 10.3. The molecule has 2 heterocycles. The molecule has 7 nitrogen and oxygen atoms in total. The van der Waals surface area contributed by atoms with Crippen molar-refractivity contribution in [2.75, 3.05) is 0 Å². The van der Waals surface area contributed by atoms with Gasteiger partial charge in [-0.25, -0.2) is 4.79 Å². The Labute approximate surface area is 113 Å². The van der Waals surface area contributed by atoms with Crippen molar-refractivity contribution in [2.45, 2.75) is 18.8 Å². The van der Waals surface area contributed by atoms with E-state index in [1.54, 1.807) is 18.2 Å². The van der Waals surface area contributed by atoms with Gasteiger partial charge in [-0.15, -0.1) is 0 Å². The van der Waals surface area contributed by atoms with Crippen molar-refractivity contribution < 1.29 is 19.5 Å². The summed E-state index contributed by atoms with van der Waals surface area (Å²) < 4.78 is 0. The molecule has 0 bridgehead atoms. The number of fused-ring (bicyclic) bond motifs is 1. The summed E-state index contributed by atoms with van der Waals surface area (Å²) in [5.41, 5.74) is 1.25. The van der Waals surface area contributed by atoms with Gasteiger partial charge in [0, 0.05) is 11.8 Å². The van der Waals surface area contributed by atoms with Crippen molar-refractivity contribution in [3.63, 3.8) is 0 Å². The number of carbonyl (C=O) groups is 3. The van der Waals surface area contributed by atoms with E-state index in [0.717, 1.165) is 5.56 Å². The molecule has 3 rings (SSSR count). The lowest BCUT2D eigenvalue weighted by atomic mass is 9.90.